The molecule has 14 heteroatoms. The molecule has 1 fully saturated rings. The second-order valence-corrected chi connectivity index (χ2v) is 13.4. The van der Waals surface area contributed by atoms with Crippen LogP contribution in [0.5, 0.6) is 0 Å². The average Bonchev–Trinajstić information content (AvgIpc) is 3.31. The first-order valence-electron chi connectivity index (χ1n) is 16.8. The van der Waals surface area contributed by atoms with Gasteiger partial charge in [-0.15, -0.1) is 6.42 Å². The van der Waals surface area contributed by atoms with Crippen molar-refractivity contribution in [2.24, 2.45) is 5.92 Å². The third kappa shape index (κ3) is 9.43. The third-order valence-electron chi connectivity index (χ3n) is 9.01. The molecule has 1 aliphatic rings. The maximum atomic E-state index is 16.5. The van der Waals surface area contributed by atoms with E-state index in [0.29, 0.717) is 38.8 Å². The number of ether oxygens (including phenoxy) is 1. The number of rotatable bonds is 12. The van der Waals surface area contributed by atoms with Gasteiger partial charge in [0.2, 0.25) is 5.91 Å². The van der Waals surface area contributed by atoms with E-state index in [2.05, 4.69) is 11.2 Å². The van der Waals surface area contributed by atoms with Crippen LogP contribution in [0.1, 0.15) is 78.6 Å². The van der Waals surface area contributed by atoms with Crippen molar-refractivity contribution in [3.8, 4) is 23.5 Å². The minimum atomic E-state index is -4.88. The van der Waals surface area contributed by atoms with Crippen LogP contribution in [0, 0.1) is 49.6 Å². The molecule has 8 nitrogen and oxygen atoms in total. The van der Waals surface area contributed by atoms with Crippen molar-refractivity contribution in [1.29, 1.82) is 0 Å². The van der Waals surface area contributed by atoms with Crippen LogP contribution in [-0.2, 0) is 26.9 Å². The van der Waals surface area contributed by atoms with Crippen LogP contribution < -0.4 is 10.9 Å². The van der Waals surface area contributed by atoms with Gasteiger partial charge < -0.3 is 24.6 Å². The number of aryl methyl sites for hydroxylation is 2. The maximum Gasteiger partial charge on any atom is 0.416 e. The van der Waals surface area contributed by atoms with Gasteiger partial charge >= 0.3 is 12.1 Å². The fourth-order valence-corrected chi connectivity index (χ4v) is 6.65. The molecule has 0 radical (unpaired) electrons. The van der Waals surface area contributed by atoms with Crippen LogP contribution in [0.2, 0.25) is 0 Å². The van der Waals surface area contributed by atoms with Gasteiger partial charge in [0, 0.05) is 49.6 Å². The molecule has 4 rings (SSSR count). The van der Waals surface area contributed by atoms with E-state index in [4.69, 9.17) is 11.2 Å². The number of halogens is 6. The zero-order valence-electron chi connectivity index (χ0n) is 29.3. The Hall–Kier alpha value is -4.61. The number of aliphatic carboxylic acids is 1. The van der Waals surface area contributed by atoms with Crippen LogP contribution in [-0.4, -0.2) is 59.3 Å². The standard InChI is InChI=1S/C38H41F6N3O5/c1-6-24-17-27(33-22(4)15-26(39)16-23(33)5)36(41)34(35(24)40)29(19-32(49)50)45-37(51)30(14-21(2)3)47-20-25(28(18-31(47)48)38(42,43)44)8-10-46-9-7-12-52-13-11-46/h1,15-18,20-21,29-30H,7-14,19H2,2-5H3,(H,45,51)(H,49,50)/t29-,30-/m1/s1. The van der Waals surface area contributed by atoms with Crippen molar-refractivity contribution in [3.05, 3.63) is 91.6 Å². The Morgan fingerprint density at radius 1 is 1.04 bits per heavy atom. The molecule has 52 heavy (non-hydrogen) atoms. The lowest BCUT2D eigenvalue weighted by atomic mass is 9.89. The van der Waals surface area contributed by atoms with E-state index in [0.717, 1.165) is 29.0 Å². The number of nitrogens with zero attached hydrogens (tertiary/aromatic N) is 2. The Morgan fingerprint density at radius 2 is 1.71 bits per heavy atom. The number of nitrogens with one attached hydrogen (secondary N) is 1. The van der Waals surface area contributed by atoms with E-state index >= 15 is 8.78 Å². The number of terminal acetylenes is 1. The minimum absolute atomic E-state index is 0.103. The number of hydrogen-bond donors (Lipinski definition) is 2. The molecule has 2 N–H and O–H groups in total. The van der Waals surface area contributed by atoms with Gasteiger partial charge in [0.1, 0.15) is 23.5 Å². The van der Waals surface area contributed by atoms with Gasteiger partial charge in [-0.3, -0.25) is 14.4 Å². The second kappa shape index (κ2) is 16.8. The highest BCUT2D eigenvalue weighted by molar-refractivity contribution is 5.82. The molecule has 3 aromatic rings. The molecule has 1 aliphatic heterocycles. The van der Waals surface area contributed by atoms with Gasteiger partial charge in [-0.2, -0.15) is 13.2 Å². The van der Waals surface area contributed by atoms with Crippen molar-refractivity contribution in [2.45, 2.75) is 71.6 Å². The molecule has 0 aliphatic carbocycles. The number of amides is 1. The maximum absolute atomic E-state index is 16.5. The summed E-state index contributed by atoms with van der Waals surface area (Å²) >= 11 is 0. The molecular formula is C38H41F6N3O5. The minimum Gasteiger partial charge on any atom is -0.481 e. The Bertz CT molecular complexity index is 1890. The molecule has 1 aromatic heterocycles. The first-order chi connectivity index (χ1) is 24.4. The Labute approximate surface area is 297 Å². The highest BCUT2D eigenvalue weighted by Crippen LogP contribution is 2.38. The average molecular weight is 734 g/mol. The van der Waals surface area contributed by atoms with Gasteiger partial charge in [0.15, 0.2) is 0 Å². The predicted octanol–water partition coefficient (Wildman–Crippen LogP) is 6.73. The number of benzene rings is 2. The van der Waals surface area contributed by atoms with E-state index < -0.39 is 76.3 Å². The number of carbonyl (C=O) groups is 2. The van der Waals surface area contributed by atoms with Crippen molar-refractivity contribution in [1.82, 2.24) is 14.8 Å². The molecule has 280 valence electrons. The summed E-state index contributed by atoms with van der Waals surface area (Å²) < 4.78 is 95.4. The van der Waals surface area contributed by atoms with Crippen LogP contribution >= 0.6 is 0 Å². The van der Waals surface area contributed by atoms with E-state index in [1.165, 1.54) is 13.8 Å². The van der Waals surface area contributed by atoms with Crippen LogP contribution in [0.3, 0.4) is 0 Å². The first kappa shape index (κ1) is 40.2. The fourth-order valence-electron chi connectivity index (χ4n) is 6.65. The summed E-state index contributed by atoms with van der Waals surface area (Å²) in [5.74, 6) is -4.01. The lowest BCUT2D eigenvalue weighted by Crippen LogP contribution is -2.41. The molecule has 2 aromatic carbocycles. The largest absolute Gasteiger partial charge is 0.481 e. The van der Waals surface area contributed by atoms with Gasteiger partial charge in [-0.05, 0) is 79.5 Å². The molecule has 1 amide bonds. The highest BCUT2D eigenvalue weighted by atomic mass is 19.4. The van der Waals surface area contributed by atoms with Gasteiger partial charge in [-0.25, -0.2) is 13.2 Å². The first-order valence-corrected chi connectivity index (χ1v) is 16.8. The lowest BCUT2D eigenvalue weighted by Gasteiger charge is -2.27. The number of alkyl halides is 3. The lowest BCUT2D eigenvalue weighted by molar-refractivity contribution is -0.139. The Kier molecular flexibility index (Phi) is 13.0. The van der Waals surface area contributed by atoms with Crippen molar-refractivity contribution < 1.29 is 45.8 Å². The van der Waals surface area contributed by atoms with Crippen LogP contribution in [0.4, 0.5) is 26.3 Å². The van der Waals surface area contributed by atoms with E-state index in [1.807, 2.05) is 4.90 Å². The van der Waals surface area contributed by atoms with Crippen LogP contribution in [0.15, 0.2) is 35.3 Å². The fraction of sp³-hybridized carbons (Fsp3) is 0.447. The number of aromatic nitrogens is 1. The Balaban J connectivity index is 1.82. The molecular weight excluding hydrogens is 692 g/mol. The topological polar surface area (TPSA) is 101 Å². The quantitative estimate of drug-likeness (QED) is 0.158. The second-order valence-electron chi connectivity index (χ2n) is 13.4. The van der Waals surface area contributed by atoms with Crippen LogP contribution in [0.25, 0.3) is 11.1 Å². The van der Waals surface area contributed by atoms with Crippen molar-refractivity contribution in [2.75, 3.05) is 32.8 Å². The van der Waals surface area contributed by atoms with Gasteiger partial charge in [-0.1, -0.05) is 19.8 Å². The predicted molar refractivity (Wildman–Crippen MR) is 182 cm³/mol. The molecule has 0 bridgehead atoms. The summed E-state index contributed by atoms with van der Waals surface area (Å²) in [5.41, 5.74) is -3.42. The van der Waals surface area contributed by atoms with Crippen molar-refractivity contribution >= 4 is 11.9 Å². The van der Waals surface area contributed by atoms with Gasteiger partial charge in [0.05, 0.1) is 30.2 Å². The number of carbonyl (C=O) groups excluding carboxylic acids is 1. The monoisotopic (exact) mass is 733 g/mol. The van der Waals surface area contributed by atoms with Crippen molar-refractivity contribution in [3.63, 3.8) is 0 Å². The summed E-state index contributed by atoms with van der Waals surface area (Å²) in [5, 5.41) is 12.2. The molecule has 0 spiro atoms. The highest BCUT2D eigenvalue weighted by Gasteiger charge is 2.37. The number of carboxylic acids is 1. The zero-order chi connectivity index (χ0) is 38.5. The summed E-state index contributed by atoms with van der Waals surface area (Å²) in [6, 6.07) is 0.329. The molecule has 1 saturated heterocycles. The van der Waals surface area contributed by atoms with E-state index in [1.54, 1.807) is 13.8 Å². The number of pyridine rings is 1. The normalized spacial score (nSPS) is 15.2. The molecule has 2 atom stereocenters. The summed E-state index contributed by atoms with van der Waals surface area (Å²) in [6.45, 7) is 8.63. The number of hydrogen-bond acceptors (Lipinski definition) is 5. The zero-order valence-corrected chi connectivity index (χ0v) is 29.3. The molecule has 0 unspecified atom stereocenters. The molecule has 2 heterocycles. The summed E-state index contributed by atoms with van der Waals surface area (Å²) in [6.07, 6.45) is 1.09. The SMILES string of the molecule is C#Cc1cc(-c2c(C)cc(F)cc2C)c(F)c([C@@H](CC(=O)O)NC(=O)[C@@H](CC(C)C)n2cc(CCN3CCCOCC3)c(C(F)(F)F)cc2=O)c1F. The van der Waals surface area contributed by atoms with Gasteiger partial charge in [0.25, 0.3) is 5.56 Å². The summed E-state index contributed by atoms with van der Waals surface area (Å²) in [4.78, 5) is 41.4. The number of carboxylic acid groups (broad SMARTS) is 1. The third-order valence-corrected chi connectivity index (χ3v) is 9.01. The Morgan fingerprint density at radius 3 is 2.31 bits per heavy atom. The smallest absolute Gasteiger partial charge is 0.416 e. The van der Waals surface area contributed by atoms with E-state index in [9.17, 15) is 37.1 Å². The summed E-state index contributed by atoms with van der Waals surface area (Å²) in [7, 11) is 0. The molecule has 0 saturated carbocycles. The van der Waals surface area contributed by atoms with E-state index in [-0.39, 0.29) is 53.1 Å².